The molecule has 126 valence electrons. The molecule has 0 bridgehead atoms. The Bertz CT molecular complexity index is 777. The summed E-state index contributed by atoms with van der Waals surface area (Å²) < 4.78 is 18.7. The van der Waals surface area contributed by atoms with Crippen LogP contribution in [0.2, 0.25) is 0 Å². The number of ketones is 1. The lowest BCUT2D eigenvalue weighted by Crippen LogP contribution is -2.15. The fourth-order valence-electron chi connectivity index (χ4n) is 2.11. The number of nitrogens with zero attached hydrogens (tertiary/aromatic N) is 1. The van der Waals surface area contributed by atoms with Crippen LogP contribution >= 0.6 is 0 Å². The summed E-state index contributed by atoms with van der Waals surface area (Å²) in [7, 11) is 0. The molecule has 0 radical (unpaired) electrons. The summed E-state index contributed by atoms with van der Waals surface area (Å²) in [4.78, 5) is 22.7. The van der Waals surface area contributed by atoms with Crippen LogP contribution in [0.3, 0.4) is 0 Å². The smallest absolute Gasteiger partial charge is 0.296 e. The van der Waals surface area contributed by atoms with Crippen LogP contribution in [0.15, 0.2) is 36.4 Å². The predicted molar refractivity (Wildman–Crippen MR) is 88.2 cm³/mol. The van der Waals surface area contributed by atoms with Crippen molar-refractivity contribution in [2.24, 2.45) is 0 Å². The van der Waals surface area contributed by atoms with Crippen LogP contribution in [0, 0.1) is 22.9 Å². The minimum atomic E-state index is -0.555. The second kappa shape index (κ2) is 7.54. The number of nitrogens with one attached hydrogen (secondary N) is 1. The van der Waals surface area contributed by atoms with Gasteiger partial charge in [-0.3, -0.25) is 14.9 Å². The van der Waals surface area contributed by atoms with Gasteiger partial charge in [-0.1, -0.05) is 12.1 Å². The molecule has 0 spiro atoms. The predicted octanol–water partition coefficient (Wildman–Crippen LogP) is 3.74. The minimum absolute atomic E-state index is 0.183. The Kier molecular flexibility index (Phi) is 5.47. The number of hydrogen-bond acceptors (Lipinski definition) is 5. The van der Waals surface area contributed by atoms with Crippen molar-refractivity contribution in [2.45, 2.75) is 13.8 Å². The highest BCUT2D eigenvalue weighted by molar-refractivity contribution is 5.99. The van der Waals surface area contributed by atoms with Crippen LogP contribution in [0.4, 0.5) is 15.8 Å². The molecule has 0 atom stereocenters. The van der Waals surface area contributed by atoms with E-state index in [0.29, 0.717) is 17.9 Å². The van der Waals surface area contributed by atoms with Crippen molar-refractivity contribution in [2.75, 3.05) is 18.5 Å². The highest BCUT2D eigenvalue weighted by atomic mass is 19.1. The molecule has 0 heterocycles. The topological polar surface area (TPSA) is 81.5 Å². The van der Waals surface area contributed by atoms with Gasteiger partial charge in [0.2, 0.25) is 0 Å². The molecule has 0 saturated heterocycles. The van der Waals surface area contributed by atoms with Gasteiger partial charge in [-0.2, -0.15) is 0 Å². The molecule has 7 heteroatoms. The van der Waals surface area contributed by atoms with E-state index in [1.807, 2.05) is 0 Å². The van der Waals surface area contributed by atoms with Crippen molar-refractivity contribution in [3.63, 3.8) is 0 Å². The second-order valence-corrected chi connectivity index (χ2v) is 5.11. The van der Waals surface area contributed by atoms with Crippen LogP contribution in [0.1, 0.15) is 22.8 Å². The van der Waals surface area contributed by atoms with E-state index in [2.05, 4.69) is 5.32 Å². The zero-order valence-electron chi connectivity index (χ0n) is 13.3. The molecule has 0 aromatic heterocycles. The SMILES string of the molecule is CCOc1ccc(NCC(=O)c2ccc(C)c(F)c2)c([N+](=O)[O-])c1. The molecule has 0 amide bonds. The van der Waals surface area contributed by atoms with Gasteiger partial charge in [0.05, 0.1) is 24.1 Å². The van der Waals surface area contributed by atoms with Gasteiger partial charge in [-0.05, 0) is 37.6 Å². The van der Waals surface area contributed by atoms with E-state index in [-0.39, 0.29) is 29.3 Å². The lowest BCUT2D eigenvalue weighted by atomic mass is 10.1. The molecule has 2 aromatic carbocycles. The molecule has 0 unspecified atom stereocenters. The lowest BCUT2D eigenvalue weighted by molar-refractivity contribution is -0.384. The van der Waals surface area contributed by atoms with Crippen LogP contribution in [0.25, 0.3) is 0 Å². The number of anilines is 1. The third-order valence-corrected chi connectivity index (χ3v) is 3.41. The number of halogens is 1. The maximum atomic E-state index is 13.5. The summed E-state index contributed by atoms with van der Waals surface area (Å²) in [5.41, 5.74) is 0.661. The van der Waals surface area contributed by atoms with E-state index in [1.54, 1.807) is 19.9 Å². The number of nitro groups is 1. The zero-order valence-corrected chi connectivity index (χ0v) is 13.3. The van der Waals surface area contributed by atoms with Gasteiger partial charge in [0, 0.05) is 5.56 Å². The Morgan fingerprint density at radius 1 is 1.29 bits per heavy atom. The molecule has 0 fully saturated rings. The molecule has 0 aliphatic heterocycles. The van der Waals surface area contributed by atoms with E-state index in [1.165, 1.54) is 24.3 Å². The molecule has 0 aliphatic carbocycles. The van der Waals surface area contributed by atoms with Crippen molar-refractivity contribution >= 4 is 17.2 Å². The summed E-state index contributed by atoms with van der Waals surface area (Å²) in [5.74, 6) is -0.452. The fourth-order valence-corrected chi connectivity index (χ4v) is 2.11. The first-order valence-electron chi connectivity index (χ1n) is 7.36. The van der Waals surface area contributed by atoms with Gasteiger partial charge in [0.1, 0.15) is 17.3 Å². The average molecular weight is 332 g/mol. The average Bonchev–Trinajstić information content (AvgIpc) is 2.56. The van der Waals surface area contributed by atoms with Crippen LogP contribution in [-0.2, 0) is 0 Å². The van der Waals surface area contributed by atoms with Crippen LogP contribution in [0.5, 0.6) is 5.75 Å². The zero-order chi connectivity index (χ0) is 17.7. The maximum Gasteiger partial charge on any atom is 0.296 e. The second-order valence-electron chi connectivity index (χ2n) is 5.11. The molecule has 6 nitrogen and oxygen atoms in total. The Morgan fingerprint density at radius 2 is 2.04 bits per heavy atom. The number of nitro benzene ring substituents is 1. The third kappa shape index (κ3) is 4.07. The van der Waals surface area contributed by atoms with Crippen molar-refractivity contribution in [1.29, 1.82) is 0 Å². The van der Waals surface area contributed by atoms with E-state index < -0.39 is 10.7 Å². The molecule has 2 aromatic rings. The molecular formula is C17H17FN2O4. The number of carbonyl (C=O) groups excluding carboxylic acids is 1. The number of hydrogen-bond donors (Lipinski definition) is 1. The molecule has 0 saturated carbocycles. The highest BCUT2D eigenvalue weighted by Crippen LogP contribution is 2.29. The summed E-state index contributed by atoms with van der Waals surface area (Å²) in [6, 6.07) is 8.55. The van der Waals surface area contributed by atoms with Crippen LogP contribution < -0.4 is 10.1 Å². The van der Waals surface area contributed by atoms with E-state index >= 15 is 0 Å². The van der Waals surface area contributed by atoms with Gasteiger partial charge in [-0.25, -0.2) is 4.39 Å². The monoisotopic (exact) mass is 332 g/mol. The van der Waals surface area contributed by atoms with Crippen molar-refractivity contribution in [1.82, 2.24) is 0 Å². The molecule has 1 N–H and O–H groups in total. The van der Waals surface area contributed by atoms with E-state index in [9.17, 15) is 19.3 Å². The van der Waals surface area contributed by atoms with Gasteiger partial charge in [-0.15, -0.1) is 0 Å². The number of aryl methyl sites for hydroxylation is 1. The maximum absolute atomic E-state index is 13.5. The normalized spacial score (nSPS) is 10.3. The van der Waals surface area contributed by atoms with Crippen molar-refractivity contribution in [3.05, 3.63) is 63.5 Å². The van der Waals surface area contributed by atoms with Gasteiger partial charge >= 0.3 is 0 Å². The lowest BCUT2D eigenvalue weighted by Gasteiger charge is -2.09. The van der Waals surface area contributed by atoms with Gasteiger partial charge < -0.3 is 10.1 Å². The summed E-state index contributed by atoms with van der Waals surface area (Å²) >= 11 is 0. The number of Topliss-reactive ketones (excluding diaryl/α,β-unsaturated/α-hetero) is 1. The fraction of sp³-hybridized carbons (Fsp3) is 0.235. The molecular weight excluding hydrogens is 315 g/mol. The standard InChI is InChI=1S/C17H17FN2O4/c1-3-24-13-6-7-15(16(9-13)20(22)23)19-10-17(21)12-5-4-11(2)14(18)8-12/h4-9,19H,3,10H2,1-2H3. The largest absolute Gasteiger partial charge is 0.494 e. The highest BCUT2D eigenvalue weighted by Gasteiger charge is 2.16. The summed E-state index contributed by atoms with van der Waals surface area (Å²) in [6.07, 6.45) is 0. The van der Waals surface area contributed by atoms with Gasteiger partial charge in [0.15, 0.2) is 5.78 Å². The summed E-state index contributed by atoms with van der Waals surface area (Å²) in [6.45, 7) is 3.58. The van der Waals surface area contributed by atoms with Crippen LogP contribution in [-0.4, -0.2) is 23.9 Å². The quantitative estimate of drug-likeness (QED) is 0.474. The number of ether oxygens (including phenoxy) is 1. The number of carbonyl (C=O) groups is 1. The Morgan fingerprint density at radius 3 is 2.67 bits per heavy atom. The number of benzene rings is 2. The Labute approximate surface area is 138 Å². The Balaban J connectivity index is 2.14. The Hall–Kier alpha value is -2.96. The summed E-state index contributed by atoms with van der Waals surface area (Å²) in [5, 5.41) is 13.9. The van der Waals surface area contributed by atoms with E-state index in [4.69, 9.17) is 4.74 Å². The first kappa shape index (κ1) is 17.4. The molecule has 2 rings (SSSR count). The van der Waals surface area contributed by atoms with Crippen molar-refractivity contribution in [3.8, 4) is 5.75 Å². The first-order chi connectivity index (χ1) is 11.4. The van der Waals surface area contributed by atoms with E-state index in [0.717, 1.165) is 6.07 Å². The minimum Gasteiger partial charge on any atom is -0.494 e. The molecule has 24 heavy (non-hydrogen) atoms. The molecule has 0 aliphatic rings. The number of rotatable bonds is 7. The van der Waals surface area contributed by atoms with Gasteiger partial charge in [0.25, 0.3) is 5.69 Å². The first-order valence-corrected chi connectivity index (χ1v) is 7.36. The third-order valence-electron chi connectivity index (χ3n) is 3.41. The van der Waals surface area contributed by atoms with Crippen molar-refractivity contribution < 1.29 is 18.8 Å².